The van der Waals surface area contributed by atoms with Crippen LogP contribution in [0.1, 0.15) is 32.3 Å². The van der Waals surface area contributed by atoms with Crippen LogP contribution in [-0.2, 0) is 11.2 Å². The Morgan fingerprint density at radius 2 is 1.73 bits per heavy atom. The minimum Gasteiger partial charge on any atom is -0.497 e. The van der Waals surface area contributed by atoms with Crippen LogP contribution in [0.2, 0.25) is 0 Å². The van der Waals surface area contributed by atoms with Gasteiger partial charge in [0.15, 0.2) is 0 Å². The normalized spacial score (nSPS) is 14.9. The largest absolute Gasteiger partial charge is 0.497 e. The predicted octanol–water partition coefficient (Wildman–Crippen LogP) is 2.53. The van der Waals surface area contributed by atoms with Crippen LogP contribution >= 0.6 is 0 Å². The van der Waals surface area contributed by atoms with E-state index in [4.69, 9.17) is 4.74 Å². The van der Waals surface area contributed by atoms with Crippen LogP contribution in [-0.4, -0.2) is 61.6 Å². The highest BCUT2D eigenvalue weighted by atomic mass is 16.5. The molecule has 2 rings (SSSR count). The molecule has 0 aliphatic carbocycles. The molecule has 0 unspecified atom stereocenters. The molecule has 0 saturated carbocycles. The molecule has 6 heteroatoms. The smallest absolute Gasteiger partial charge is 0.317 e. The van der Waals surface area contributed by atoms with Crippen molar-refractivity contribution in [3.05, 3.63) is 29.8 Å². The maximum absolute atomic E-state index is 12.6. The van der Waals surface area contributed by atoms with Gasteiger partial charge in [-0.15, -0.1) is 0 Å². The minimum absolute atomic E-state index is 0.0184. The molecule has 1 N–H and O–H groups in total. The maximum Gasteiger partial charge on any atom is 0.317 e. The lowest BCUT2D eigenvalue weighted by atomic mass is 10.1. The molecule has 144 valence electrons. The Hall–Kier alpha value is -2.24. The third kappa shape index (κ3) is 6.24. The molecule has 26 heavy (non-hydrogen) atoms. The van der Waals surface area contributed by atoms with Crippen molar-refractivity contribution in [2.45, 2.75) is 33.1 Å². The third-order valence-electron chi connectivity index (χ3n) is 4.65. The predicted molar refractivity (Wildman–Crippen MR) is 102 cm³/mol. The van der Waals surface area contributed by atoms with Crippen LogP contribution in [0.25, 0.3) is 0 Å². The number of ether oxygens (including phenoxy) is 1. The Kier molecular flexibility index (Phi) is 7.75. The average molecular weight is 361 g/mol. The third-order valence-corrected chi connectivity index (χ3v) is 4.65. The van der Waals surface area contributed by atoms with Crippen molar-refractivity contribution in [1.29, 1.82) is 0 Å². The van der Waals surface area contributed by atoms with E-state index in [1.807, 2.05) is 34.1 Å². The van der Waals surface area contributed by atoms with Gasteiger partial charge >= 0.3 is 6.03 Å². The van der Waals surface area contributed by atoms with E-state index in [2.05, 4.69) is 19.2 Å². The van der Waals surface area contributed by atoms with E-state index < -0.39 is 0 Å². The molecule has 1 aromatic rings. The molecule has 1 heterocycles. The van der Waals surface area contributed by atoms with Gasteiger partial charge in [0.05, 0.1) is 13.5 Å². The van der Waals surface area contributed by atoms with E-state index in [1.165, 1.54) is 0 Å². The van der Waals surface area contributed by atoms with E-state index in [0.717, 1.165) is 24.2 Å². The summed E-state index contributed by atoms with van der Waals surface area (Å²) in [5.74, 6) is 1.47. The van der Waals surface area contributed by atoms with Crippen molar-refractivity contribution >= 4 is 11.9 Å². The second kappa shape index (κ2) is 10.0. The summed E-state index contributed by atoms with van der Waals surface area (Å²) >= 11 is 0. The summed E-state index contributed by atoms with van der Waals surface area (Å²) in [7, 11) is 1.63. The molecule has 0 atom stereocenters. The fraction of sp³-hybridized carbons (Fsp3) is 0.600. The number of urea groups is 1. The Labute approximate surface area is 156 Å². The van der Waals surface area contributed by atoms with Crippen LogP contribution in [0, 0.1) is 5.92 Å². The van der Waals surface area contributed by atoms with Gasteiger partial charge in [0.2, 0.25) is 5.91 Å². The van der Waals surface area contributed by atoms with Gasteiger partial charge in [-0.1, -0.05) is 26.0 Å². The fourth-order valence-electron chi connectivity index (χ4n) is 2.98. The van der Waals surface area contributed by atoms with E-state index in [9.17, 15) is 9.59 Å². The van der Waals surface area contributed by atoms with Crippen LogP contribution in [0.5, 0.6) is 5.75 Å². The SMILES string of the molecule is COc1ccc(CC(=O)N2CCCN(C(=O)NCCC(C)C)CC2)cc1. The van der Waals surface area contributed by atoms with Gasteiger partial charge in [0.1, 0.15) is 5.75 Å². The molecule has 1 aliphatic rings. The van der Waals surface area contributed by atoms with Crippen molar-refractivity contribution < 1.29 is 14.3 Å². The molecule has 3 amide bonds. The summed E-state index contributed by atoms with van der Waals surface area (Å²) in [6.45, 7) is 7.56. The zero-order chi connectivity index (χ0) is 18.9. The van der Waals surface area contributed by atoms with E-state index in [0.29, 0.717) is 45.1 Å². The summed E-state index contributed by atoms with van der Waals surface area (Å²) < 4.78 is 5.14. The number of methoxy groups -OCH3 is 1. The van der Waals surface area contributed by atoms with Crippen molar-refractivity contribution in [2.75, 3.05) is 39.8 Å². The van der Waals surface area contributed by atoms with Crippen molar-refractivity contribution in [3.63, 3.8) is 0 Å². The molecular weight excluding hydrogens is 330 g/mol. The number of nitrogens with zero attached hydrogens (tertiary/aromatic N) is 2. The quantitative estimate of drug-likeness (QED) is 0.847. The summed E-state index contributed by atoms with van der Waals surface area (Å²) in [6.07, 6.45) is 2.17. The lowest BCUT2D eigenvalue weighted by Crippen LogP contribution is -2.43. The molecule has 0 radical (unpaired) electrons. The molecule has 1 saturated heterocycles. The number of hydrogen-bond donors (Lipinski definition) is 1. The number of hydrogen-bond acceptors (Lipinski definition) is 3. The number of benzene rings is 1. The van der Waals surface area contributed by atoms with E-state index in [-0.39, 0.29) is 11.9 Å². The van der Waals surface area contributed by atoms with Gasteiger partial charge in [-0.25, -0.2) is 4.79 Å². The molecular formula is C20H31N3O3. The first kappa shape index (κ1) is 20.1. The molecule has 1 aliphatic heterocycles. The summed E-state index contributed by atoms with van der Waals surface area (Å²) in [5, 5.41) is 2.98. The zero-order valence-corrected chi connectivity index (χ0v) is 16.2. The Morgan fingerprint density at radius 1 is 1.08 bits per heavy atom. The standard InChI is InChI=1S/C20H31N3O3/c1-16(2)9-10-21-20(25)23-12-4-11-22(13-14-23)19(24)15-17-5-7-18(26-3)8-6-17/h5-8,16H,4,9-15H2,1-3H3,(H,21,25). The van der Waals surface area contributed by atoms with Gasteiger partial charge in [-0.05, 0) is 36.5 Å². The lowest BCUT2D eigenvalue weighted by molar-refractivity contribution is -0.130. The second-order valence-corrected chi connectivity index (χ2v) is 7.16. The number of rotatable bonds is 6. The minimum atomic E-state index is -0.0184. The molecule has 6 nitrogen and oxygen atoms in total. The molecule has 1 fully saturated rings. The first-order valence-corrected chi connectivity index (χ1v) is 9.43. The summed E-state index contributed by atoms with van der Waals surface area (Å²) in [5.41, 5.74) is 0.975. The Bertz CT molecular complexity index is 586. The topological polar surface area (TPSA) is 61.9 Å². The first-order chi connectivity index (χ1) is 12.5. The Morgan fingerprint density at radius 3 is 2.38 bits per heavy atom. The van der Waals surface area contributed by atoms with Gasteiger partial charge in [-0.2, -0.15) is 0 Å². The Balaban J connectivity index is 1.81. The summed E-state index contributed by atoms with van der Waals surface area (Å²) in [6, 6.07) is 7.56. The monoisotopic (exact) mass is 361 g/mol. The van der Waals surface area contributed by atoms with Crippen LogP contribution in [0.3, 0.4) is 0 Å². The highest BCUT2D eigenvalue weighted by Gasteiger charge is 2.22. The second-order valence-electron chi connectivity index (χ2n) is 7.16. The van der Waals surface area contributed by atoms with Crippen molar-refractivity contribution in [2.24, 2.45) is 5.92 Å². The first-order valence-electron chi connectivity index (χ1n) is 9.43. The van der Waals surface area contributed by atoms with Crippen molar-refractivity contribution in [3.8, 4) is 5.75 Å². The van der Waals surface area contributed by atoms with Crippen molar-refractivity contribution in [1.82, 2.24) is 15.1 Å². The van der Waals surface area contributed by atoms with Gasteiger partial charge in [0.25, 0.3) is 0 Å². The van der Waals surface area contributed by atoms with Crippen LogP contribution in [0.15, 0.2) is 24.3 Å². The highest BCUT2D eigenvalue weighted by molar-refractivity contribution is 5.79. The van der Waals surface area contributed by atoms with Gasteiger partial charge in [-0.3, -0.25) is 4.79 Å². The van der Waals surface area contributed by atoms with E-state index >= 15 is 0 Å². The number of carbonyl (C=O) groups excluding carboxylic acids is 2. The lowest BCUT2D eigenvalue weighted by Gasteiger charge is -2.22. The zero-order valence-electron chi connectivity index (χ0n) is 16.2. The molecule has 0 aromatic heterocycles. The van der Waals surface area contributed by atoms with Gasteiger partial charge < -0.3 is 19.9 Å². The maximum atomic E-state index is 12.6. The van der Waals surface area contributed by atoms with E-state index in [1.54, 1.807) is 7.11 Å². The van der Waals surface area contributed by atoms with Crippen LogP contribution < -0.4 is 10.1 Å². The fourth-order valence-corrected chi connectivity index (χ4v) is 2.98. The molecule has 0 spiro atoms. The number of amides is 3. The van der Waals surface area contributed by atoms with Crippen LogP contribution in [0.4, 0.5) is 4.79 Å². The number of nitrogens with one attached hydrogen (secondary N) is 1. The highest BCUT2D eigenvalue weighted by Crippen LogP contribution is 2.13. The van der Waals surface area contributed by atoms with Gasteiger partial charge in [0, 0.05) is 32.7 Å². The molecule has 1 aromatic carbocycles. The molecule has 0 bridgehead atoms. The average Bonchev–Trinajstić information content (AvgIpc) is 2.88. The summed E-state index contributed by atoms with van der Waals surface area (Å²) in [4.78, 5) is 28.5. The number of carbonyl (C=O) groups is 2.